The Kier molecular flexibility index (Phi) is 6.56. The number of nitrogens with one attached hydrogen (secondary N) is 1. The maximum Gasteiger partial charge on any atom is 0.283 e. The summed E-state index contributed by atoms with van der Waals surface area (Å²) in [4.78, 5) is 26.5. The Morgan fingerprint density at radius 1 is 1.00 bits per heavy atom. The zero-order valence-corrected chi connectivity index (χ0v) is 21.3. The first-order valence-corrected chi connectivity index (χ1v) is 12.2. The number of aromatic nitrogens is 1. The van der Waals surface area contributed by atoms with E-state index in [4.69, 9.17) is 21.1 Å². The topological polar surface area (TPSA) is 102 Å². The summed E-state index contributed by atoms with van der Waals surface area (Å²) in [6.45, 7) is 0. The molecule has 5 aromatic rings. The molecule has 37 heavy (non-hydrogen) atoms. The SMILES string of the molecule is COc1ccc(-n2c(O)c(/C=N\NC(=O)c3sc4ccccc4c3Cl)c3ccccc3c2=O)cc1OC. The molecule has 0 aliphatic carbocycles. The first kappa shape index (κ1) is 24.4. The van der Waals surface area contributed by atoms with Gasteiger partial charge in [0.25, 0.3) is 11.5 Å². The molecule has 0 unspecified atom stereocenters. The Hall–Kier alpha value is -4.34. The molecule has 3 aromatic carbocycles. The number of amides is 1. The van der Waals surface area contributed by atoms with E-state index in [-0.39, 0.29) is 11.4 Å². The van der Waals surface area contributed by atoms with Gasteiger partial charge in [0.15, 0.2) is 11.5 Å². The summed E-state index contributed by atoms with van der Waals surface area (Å²) < 4.78 is 12.7. The number of benzene rings is 3. The minimum absolute atomic E-state index is 0.243. The highest BCUT2D eigenvalue weighted by atomic mass is 35.5. The maximum absolute atomic E-state index is 13.3. The van der Waals surface area contributed by atoms with Gasteiger partial charge in [-0.2, -0.15) is 5.10 Å². The van der Waals surface area contributed by atoms with Crippen LogP contribution in [0.4, 0.5) is 0 Å². The molecule has 0 radical (unpaired) electrons. The maximum atomic E-state index is 13.3. The summed E-state index contributed by atoms with van der Waals surface area (Å²) in [5.74, 6) is 0.0272. The Morgan fingerprint density at radius 2 is 1.68 bits per heavy atom. The van der Waals surface area contributed by atoms with E-state index in [0.717, 1.165) is 14.7 Å². The molecular weight excluding hydrogens is 514 g/mol. The molecule has 186 valence electrons. The third-order valence-corrected chi connectivity index (χ3v) is 7.50. The number of fused-ring (bicyclic) bond motifs is 2. The lowest BCUT2D eigenvalue weighted by molar-refractivity contribution is 0.0959. The van der Waals surface area contributed by atoms with Crippen molar-refractivity contribution in [3.63, 3.8) is 0 Å². The fraction of sp³-hybridized carbons (Fsp3) is 0.0741. The minimum atomic E-state index is -0.487. The third kappa shape index (κ3) is 4.28. The van der Waals surface area contributed by atoms with Gasteiger partial charge in [-0.3, -0.25) is 9.59 Å². The van der Waals surface area contributed by atoms with Crippen LogP contribution in [0.2, 0.25) is 5.02 Å². The van der Waals surface area contributed by atoms with Gasteiger partial charge in [-0.1, -0.05) is 48.0 Å². The third-order valence-electron chi connectivity index (χ3n) is 5.83. The standard InChI is InChI=1S/C27H20ClN3O5S/c1-35-20-12-11-15(13-21(20)36-2)31-26(33)17-8-4-3-7-16(17)19(27(31)34)14-29-30-25(32)24-23(28)18-9-5-6-10-22(18)37-24/h3-14,34H,1-2H3,(H,30,32)/b29-14-. The van der Waals surface area contributed by atoms with Gasteiger partial charge < -0.3 is 14.6 Å². The van der Waals surface area contributed by atoms with Gasteiger partial charge in [0.1, 0.15) is 4.88 Å². The van der Waals surface area contributed by atoms with Crippen molar-refractivity contribution in [1.29, 1.82) is 0 Å². The molecule has 0 spiro atoms. The molecule has 2 N–H and O–H groups in total. The average Bonchev–Trinajstić information content (AvgIpc) is 3.27. The van der Waals surface area contributed by atoms with Gasteiger partial charge in [0.2, 0.25) is 5.88 Å². The summed E-state index contributed by atoms with van der Waals surface area (Å²) in [7, 11) is 2.99. The minimum Gasteiger partial charge on any atom is -0.494 e. The van der Waals surface area contributed by atoms with Gasteiger partial charge >= 0.3 is 0 Å². The second kappa shape index (κ2) is 9.96. The fourth-order valence-electron chi connectivity index (χ4n) is 4.06. The van der Waals surface area contributed by atoms with Crippen LogP contribution < -0.4 is 20.5 Å². The summed E-state index contributed by atoms with van der Waals surface area (Å²) in [5, 5.41) is 17.2. The number of methoxy groups -OCH3 is 2. The summed E-state index contributed by atoms with van der Waals surface area (Å²) in [6.07, 6.45) is 1.30. The van der Waals surface area contributed by atoms with Gasteiger partial charge in [-0.05, 0) is 24.3 Å². The number of aromatic hydroxyl groups is 1. The van der Waals surface area contributed by atoms with Crippen molar-refractivity contribution in [3.05, 3.63) is 92.5 Å². The molecule has 0 aliphatic heterocycles. The van der Waals surface area contributed by atoms with E-state index >= 15 is 0 Å². The molecule has 2 aromatic heterocycles. The number of pyridine rings is 1. The van der Waals surface area contributed by atoms with E-state index in [9.17, 15) is 14.7 Å². The molecule has 0 fully saturated rings. The van der Waals surface area contributed by atoms with Crippen LogP contribution in [0.25, 0.3) is 26.5 Å². The van der Waals surface area contributed by atoms with E-state index < -0.39 is 11.5 Å². The number of hydrogen-bond donors (Lipinski definition) is 2. The van der Waals surface area contributed by atoms with Crippen molar-refractivity contribution in [3.8, 4) is 23.1 Å². The number of carbonyl (C=O) groups is 1. The zero-order valence-electron chi connectivity index (χ0n) is 19.7. The van der Waals surface area contributed by atoms with Crippen molar-refractivity contribution in [2.75, 3.05) is 14.2 Å². The van der Waals surface area contributed by atoms with Crippen LogP contribution in [0.3, 0.4) is 0 Å². The highest BCUT2D eigenvalue weighted by Crippen LogP contribution is 2.35. The van der Waals surface area contributed by atoms with E-state index in [2.05, 4.69) is 10.5 Å². The largest absolute Gasteiger partial charge is 0.494 e. The lowest BCUT2D eigenvalue weighted by Gasteiger charge is -2.15. The van der Waals surface area contributed by atoms with Gasteiger partial charge in [0, 0.05) is 26.9 Å². The van der Waals surface area contributed by atoms with Crippen LogP contribution in [-0.2, 0) is 0 Å². The Morgan fingerprint density at radius 3 is 2.38 bits per heavy atom. The number of hydrogen-bond acceptors (Lipinski definition) is 7. The molecule has 0 bridgehead atoms. The molecule has 10 heteroatoms. The zero-order chi connectivity index (χ0) is 26.1. The quantitative estimate of drug-likeness (QED) is 0.226. The van der Waals surface area contributed by atoms with E-state index in [1.165, 1.54) is 31.8 Å². The second-order valence-corrected chi connectivity index (χ2v) is 9.33. The molecule has 0 atom stereocenters. The summed E-state index contributed by atoms with van der Waals surface area (Å²) in [6, 6.07) is 19.1. The fourth-order valence-corrected chi connectivity index (χ4v) is 5.47. The average molecular weight is 534 g/mol. The highest BCUT2D eigenvalue weighted by molar-refractivity contribution is 7.21. The number of rotatable bonds is 6. The van der Waals surface area contributed by atoms with E-state index in [1.807, 2.05) is 24.3 Å². The molecule has 5 rings (SSSR count). The van der Waals surface area contributed by atoms with E-state index in [1.54, 1.807) is 42.5 Å². The monoisotopic (exact) mass is 533 g/mol. The number of thiophene rings is 1. The van der Waals surface area contributed by atoms with Crippen LogP contribution in [0.1, 0.15) is 15.2 Å². The Balaban J connectivity index is 1.57. The van der Waals surface area contributed by atoms with Crippen molar-refractivity contribution < 1.29 is 19.4 Å². The number of carbonyl (C=O) groups excluding carboxylic acids is 1. The summed E-state index contributed by atoms with van der Waals surface area (Å²) >= 11 is 7.66. The lowest BCUT2D eigenvalue weighted by Crippen LogP contribution is -2.21. The normalized spacial score (nSPS) is 11.3. The predicted molar refractivity (Wildman–Crippen MR) is 146 cm³/mol. The van der Waals surface area contributed by atoms with Crippen LogP contribution in [-0.4, -0.2) is 36.0 Å². The molecule has 2 heterocycles. The van der Waals surface area contributed by atoms with Gasteiger partial charge in [-0.25, -0.2) is 9.99 Å². The molecule has 0 saturated carbocycles. The molecule has 0 saturated heterocycles. The number of halogens is 1. The summed E-state index contributed by atoms with van der Waals surface area (Å²) in [5.41, 5.74) is 2.64. The number of ether oxygens (including phenoxy) is 2. The van der Waals surface area contributed by atoms with Crippen LogP contribution in [0, 0.1) is 0 Å². The van der Waals surface area contributed by atoms with Crippen molar-refractivity contribution >= 4 is 55.9 Å². The highest BCUT2D eigenvalue weighted by Gasteiger charge is 2.19. The van der Waals surface area contributed by atoms with Crippen molar-refractivity contribution in [2.45, 2.75) is 0 Å². The Labute approximate surface area is 220 Å². The lowest BCUT2D eigenvalue weighted by atomic mass is 10.1. The van der Waals surface area contributed by atoms with E-state index in [0.29, 0.717) is 37.9 Å². The van der Waals surface area contributed by atoms with Crippen molar-refractivity contribution in [2.24, 2.45) is 5.10 Å². The van der Waals surface area contributed by atoms with Crippen LogP contribution in [0.5, 0.6) is 17.4 Å². The second-order valence-electron chi connectivity index (χ2n) is 7.90. The molecule has 1 amide bonds. The molecule has 0 aliphatic rings. The predicted octanol–water partition coefficient (Wildman–Crippen LogP) is 5.35. The Bertz CT molecular complexity index is 1760. The van der Waals surface area contributed by atoms with Crippen molar-refractivity contribution in [1.82, 2.24) is 9.99 Å². The van der Waals surface area contributed by atoms with Gasteiger partial charge in [0.05, 0.1) is 36.7 Å². The van der Waals surface area contributed by atoms with Crippen LogP contribution >= 0.6 is 22.9 Å². The smallest absolute Gasteiger partial charge is 0.283 e. The number of hydrazone groups is 1. The number of nitrogens with zero attached hydrogens (tertiary/aromatic N) is 2. The molecular formula is C27H20ClN3O5S. The molecule has 8 nitrogen and oxygen atoms in total. The first-order chi connectivity index (χ1) is 17.9. The van der Waals surface area contributed by atoms with Crippen LogP contribution in [0.15, 0.2) is 76.6 Å². The van der Waals surface area contributed by atoms with Gasteiger partial charge in [-0.15, -0.1) is 11.3 Å². The first-order valence-electron chi connectivity index (χ1n) is 11.0.